The highest BCUT2D eigenvalue weighted by molar-refractivity contribution is 5.78. The number of carbonyl (C=O) groups is 2. The minimum absolute atomic E-state index is 0.00920. The largest absolute Gasteiger partial charge is 0.496 e. The Bertz CT molecular complexity index is 655. The molecule has 148 valence electrons. The van der Waals surface area contributed by atoms with Crippen LogP contribution in [0.1, 0.15) is 51.0 Å². The zero-order valence-electron chi connectivity index (χ0n) is 16.6. The van der Waals surface area contributed by atoms with E-state index < -0.39 is 0 Å². The average molecular weight is 373 g/mol. The van der Waals surface area contributed by atoms with Crippen LogP contribution in [0, 0.1) is 0 Å². The maximum atomic E-state index is 12.1. The number of rotatable bonds is 10. The van der Waals surface area contributed by atoms with Gasteiger partial charge in [-0.15, -0.1) is 0 Å². The number of allylic oxidation sites excluding steroid dienone is 1. The van der Waals surface area contributed by atoms with Crippen molar-refractivity contribution in [3.8, 4) is 5.75 Å². The van der Waals surface area contributed by atoms with E-state index >= 15 is 0 Å². The standard InChI is InChI=1S/C22H32N2O3/c1-18(25)24(16-13-20-10-6-7-11-21(20)27-2)17-14-22(26)23-15-12-19-8-4-3-5-9-19/h6-8,10-11H,3-5,9,12-17H2,1-2H3,(H,23,26). The maximum Gasteiger partial charge on any atom is 0.221 e. The summed E-state index contributed by atoms with van der Waals surface area (Å²) in [6, 6.07) is 7.82. The summed E-state index contributed by atoms with van der Waals surface area (Å²) in [7, 11) is 1.65. The van der Waals surface area contributed by atoms with E-state index in [0.717, 1.165) is 24.2 Å². The van der Waals surface area contributed by atoms with Gasteiger partial charge in [-0.1, -0.05) is 29.8 Å². The first-order chi connectivity index (χ1) is 13.1. The monoisotopic (exact) mass is 372 g/mol. The molecule has 0 radical (unpaired) electrons. The maximum absolute atomic E-state index is 12.1. The second-order valence-corrected chi connectivity index (χ2v) is 7.03. The zero-order valence-corrected chi connectivity index (χ0v) is 16.6. The third-order valence-electron chi connectivity index (χ3n) is 5.05. The van der Waals surface area contributed by atoms with Gasteiger partial charge in [-0.2, -0.15) is 0 Å². The van der Waals surface area contributed by atoms with Crippen LogP contribution in [0.3, 0.4) is 0 Å². The van der Waals surface area contributed by atoms with Crippen molar-refractivity contribution in [2.45, 2.75) is 51.9 Å². The zero-order chi connectivity index (χ0) is 19.5. The quantitative estimate of drug-likeness (QED) is 0.640. The molecule has 0 spiro atoms. The van der Waals surface area contributed by atoms with Gasteiger partial charge in [-0.05, 0) is 50.2 Å². The van der Waals surface area contributed by atoms with Gasteiger partial charge in [0.25, 0.3) is 0 Å². The van der Waals surface area contributed by atoms with E-state index in [1.807, 2.05) is 24.3 Å². The van der Waals surface area contributed by atoms with Crippen LogP contribution in [0.25, 0.3) is 0 Å². The summed E-state index contributed by atoms with van der Waals surface area (Å²) in [5.41, 5.74) is 2.53. The predicted molar refractivity (Wildman–Crippen MR) is 108 cm³/mol. The first-order valence-electron chi connectivity index (χ1n) is 9.92. The second-order valence-electron chi connectivity index (χ2n) is 7.03. The average Bonchev–Trinajstić information content (AvgIpc) is 2.68. The molecule has 5 nitrogen and oxygen atoms in total. The molecule has 1 aromatic carbocycles. The van der Waals surface area contributed by atoms with Crippen molar-refractivity contribution < 1.29 is 14.3 Å². The third-order valence-corrected chi connectivity index (χ3v) is 5.05. The fourth-order valence-corrected chi connectivity index (χ4v) is 3.41. The second kappa shape index (κ2) is 11.4. The Kier molecular flexibility index (Phi) is 8.89. The number of nitrogens with one attached hydrogen (secondary N) is 1. The third kappa shape index (κ3) is 7.45. The Balaban J connectivity index is 1.72. The van der Waals surface area contributed by atoms with Crippen LogP contribution in [-0.4, -0.2) is 43.5 Å². The number of ether oxygens (including phenoxy) is 1. The van der Waals surface area contributed by atoms with Gasteiger partial charge in [0, 0.05) is 33.0 Å². The van der Waals surface area contributed by atoms with Crippen LogP contribution >= 0.6 is 0 Å². The summed E-state index contributed by atoms with van der Waals surface area (Å²) in [4.78, 5) is 25.7. The fraction of sp³-hybridized carbons (Fsp3) is 0.545. The van der Waals surface area contributed by atoms with Crippen molar-refractivity contribution in [1.29, 1.82) is 0 Å². The van der Waals surface area contributed by atoms with Crippen molar-refractivity contribution in [2.75, 3.05) is 26.7 Å². The summed E-state index contributed by atoms with van der Waals surface area (Å²) in [6.45, 7) is 3.26. The van der Waals surface area contributed by atoms with Crippen LogP contribution in [0.4, 0.5) is 0 Å². The molecule has 0 bridgehead atoms. The first-order valence-corrected chi connectivity index (χ1v) is 9.92. The number of para-hydroxylation sites is 1. The van der Waals surface area contributed by atoms with Gasteiger partial charge >= 0.3 is 0 Å². The molecule has 0 saturated heterocycles. The summed E-state index contributed by atoms with van der Waals surface area (Å²) in [5.74, 6) is 0.829. The number of hydrogen-bond acceptors (Lipinski definition) is 3. The molecule has 1 aromatic rings. The highest BCUT2D eigenvalue weighted by Crippen LogP contribution is 2.19. The molecular formula is C22H32N2O3. The topological polar surface area (TPSA) is 58.6 Å². The van der Waals surface area contributed by atoms with E-state index in [1.54, 1.807) is 18.9 Å². The van der Waals surface area contributed by atoms with E-state index in [0.29, 0.717) is 32.5 Å². The van der Waals surface area contributed by atoms with E-state index in [1.165, 1.54) is 24.8 Å². The lowest BCUT2D eigenvalue weighted by atomic mass is 9.97. The van der Waals surface area contributed by atoms with E-state index in [2.05, 4.69) is 11.4 Å². The van der Waals surface area contributed by atoms with Gasteiger partial charge in [0.2, 0.25) is 11.8 Å². The van der Waals surface area contributed by atoms with Gasteiger partial charge in [-0.3, -0.25) is 9.59 Å². The van der Waals surface area contributed by atoms with Gasteiger partial charge in [0.05, 0.1) is 7.11 Å². The Labute approximate surface area is 162 Å². The predicted octanol–water partition coefficient (Wildman–Crippen LogP) is 3.48. The molecule has 0 atom stereocenters. The first kappa shape index (κ1) is 21.0. The molecule has 0 heterocycles. The number of nitrogens with zero attached hydrogens (tertiary/aromatic N) is 1. The molecule has 1 aliphatic rings. The molecule has 0 saturated carbocycles. The molecular weight excluding hydrogens is 340 g/mol. The highest BCUT2D eigenvalue weighted by Gasteiger charge is 2.13. The lowest BCUT2D eigenvalue weighted by Crippen LogP contribution is -2.35. The van der Waals surface area contributed by atoms with Crippen molar-refractivity contribution in [2.24, 2.45) is 0 Å². The van der Waals surface area contributed by atoms with Crippen molar-refractivity contribution >= 4 is 11.8 Å². The van der Waals surface area contributed by atoms with Crippen LogP contribution in [0.5, 0.6) is 5.75 Å². The van der Waals surface area contributed by atoms with Gasteiger partial charge < -0.3 is 15.0 Å². The van der Waals surface area contributed by atoms with Crippen molar-refractivity contribution in [3.63, 3.8) is 0 Å². The number of hydrogen-bond donors (Lipinski definition) is 1. The highest BCUT2D eigenvalue weighted by atomic mass is 16.5. The van der Waals surface area contributed by atoms with Crippen molar-refractivity contribution in [1.82, 2.24) is 10.2 Å². The Hall–Kier alpha value is -2.30. The van der Waals surface area contributed by atoms with Crippen LogP contribution in [-0.2, 0) is 16.0 Å². The Morgan fingerprint density at radius 2 is 1.96 bits per heavy atom. The van der Waals surface area contributed by atoms with Crippen LogP contribution in [0.15, 0.2) is 35.9 Å². The minimum Gasteiger partial charge on any atom is -0.496 e. The van der Waals surface area contributed by atoms with Crippen LogP contribution < -0.4 is 10.1 Å². The minimum atomic E-state index is -0.00920. The summed E-state index contributed by atoms with van der Waals surface area (Å²) in [6.07, 6.45) is 9.18. The molecule has 1 aliphatic carbocycles. The molecule has 5 heteroatoms. The van der Waals surface area contributed by atoms with Gasteiger partial charge in [0.15, 0.2) is 0 Å². The lowest BCUT2D eigenvalue weighted by molar-refractivity contribution is -0.129. The molecule has 0 unspecified atom stereocenters. The molecule has 0 aromatic heterocycles. The Morgan fingerprint density at radius 3 is 2.67 bits per heavy atom. The number of methoxy groups -OCH3 is 1. The summed E-state index contributed by atoms with van der Waals surface area (Å²) < 4.78 is 5.36. The summed E-state index contributed by atoms with van der Waals surface area (Å²) in [5, 5.41) is 2.98. The van der Waals surface area contributed by atoms with Gasteiger partial charge in [0.1, 0.15) is 5.75 Å². The van der Waals surface area contributed by atoms with E-state index in [9.17, 15) is 9.59 Å². The Morgan fingerprint density at radius 1 is 1.15 bits per heavy atom. The van der Waals surface area contributed by atoms with Crippen LogP contribution in [0.2, 0.25) is 0 Å². The molecule has 2 amide bonds. The molecule has 2 rings (SSSR count). The number of amides is 2. The van der Waals surface area contributed by atoms with E-state index in [4.69, 9.17) is 4.74 Å². The van der Waals surface area contributed by atoms with Gasteiger partial charge in [-0.25, -0.2) is 0 Å². The summed E-state index contributed by atoms with van der Waals surface area (Å²) >= 11 is 0. The molecule has 0 fully saturated rings. The number of carbonyl (C=O) groups excluding carboxylic acids is 2. The molecule has 1 N–H and O–H groups in total. The van der Waals surface area contributed by atoms with E-state index in [-0.39, 0.29) is 11.8 Å². The molecule has 0 aliphatic heterocycles. The fourth-order valence-electron chi connectivity index (χ4n) is 3.41. The number of benzene rings is 1. The normalized spacial score (nSPS) is 13.6. The van der Waals surface area contributed by atoms with Crippen molar-refractivity contribution in [3.05, 3.63) is 41.5 Å². The molecule has 27 heavy (non-hydrogen) atoms. The smallest absolute Gasteiger partial charge is 0.221 e. The lowest BCUT2D eigenvalue weighted by Gasteiger charge is -2.21. The SMILES string of the molecule is COc1ccccc1CCN(CCC(=O)NCCC1=CCCCC1)C(C)=O.